The van der Waals surface area contributed by atoms with Crippen LogP contribution in [0.25, 0.3) is 0 Å². The molecule has 1 heterocycles. The Balaban J connectivity index is 2.49. The lowest BCUT2D eigenvalue weighted by Crippen LogP contribution is -2.33. The molecule has 0 saturated carbocycles. The molecule has 0 amide bonds. The molecule has 70 valence electrons. The number of hydrogen-bond acceptors (Lipinski definition) is 2. The van der Waals surface area contributed by atoms with Gasteiger partial charge in [0.15, 0.2) is 0 Å². The van der Waals surface area contributed by atoms with Crippen molar-refractivity contribution >= 4 is 0 Å². The highest BCUT2D eigenvalue weighted by Crippen LogP contribution is 2.23. The molecule has 1 aliphatic rings. The number of aliphatic hydroxyl groups is 1. The van der Waals surface area contributed by atoms with Crippen molar-refractivity contribution in [1.82, 2.24) is 0 Å². The molecule has 1 aliphatic heterocycles. The Bertz CT molecular complexity index is 163. The van der Waals surface area contributed by atoms with Gasteiger partial charge < -0.3 is 9.84 Å². The van der Waals surface area contributed by atoms with E-state index in [9.17, 15) is 5.11 Å². The van der Waals surface area contributed by atoms with E-state index < -0.39 is 0 Å². The monoisotopic (exact) mass is 170 g/mol. The Labute approximate surface area is 74.2 Å². The maximum absolute atomic E-state index is 9.49. The Morgan fingerprint density at radius 2 is 2.17 bits per heavy atom. The molecule has 12 heavy (non-hydrogen) atoms. The molecule has 2 heteroatoms. The first-order valence-corrected chi connectivity index (χ1v) is 4.61. The maximum atomic E-state index is 9.49. The molecule has 0 radical (unpaired) electrons. The third-order valence-electron chi connectivity index (χ3n) is 2.36. The van der Waals surface area contributed by atoms with Crippen LogP contribution in [0.2, 0.25) is 0 Å². The standard InChI is InChI=1S/C10H18O2/c1-7(2)6-10-8(3)9(11)4-5-12-10/h4-5,7-11H,6H2,1-3H3/t8-,9+,10+/m1/s1. The summed E-state index contributed by atoms with van der Waals surface area (Å²) in [5.41, 5.74) is 0. The zero-order valence-electron chi connectivity index (χ0n) is 8.03. The molecule has 0 aromatic heterocycles. The van der Waals surface area contributed by atoms with E-state index in [-0.39, 0.29) is 18.1 Å². The minimum absolute atomic E-state index is 0.185. The Morgan fingerprint density at radius 1 is 1.50 bits per heavy atom. The normalized spacial score (nSPS) is 35.2. The highest BCUT2D eigenvalue weighted by molar-refractivity contribution is 4.94. The predicted molar refractivity (Wildman–Crippen MR) is 48.6 cm³/mol. The zero-order valence-corrected chi connectivity index (χ0v) is 8.03. The summed E-state index contributed by atoms with van der Waals surface area (Å²) in [6, 6.07) is 0. The van der Waals surface area contributed by atoms with Gasteiger partial charge in [0.25, 0.3) is 0 Å². The van der Waals surface area contributed by atoms with Crippen LogP contribution >= 0.6 is 0 Å². The van der Waals surface area contributed by atoms with Crippen molar-refractivity contribution in [3.8, 4) is 0 Å². The average Bonchev–Trinajstić information content (AvgIpc) is 1.98. The molecule has 1 N–H and O–H groups in total. The summed E-state index contributed by atoms with van der Waals surface area (Å²) in [4.78, 5) is 0. The van der Waals surface area contributed by atoms with E-state index in [0.29, 0.717) is 5.92 Å². The summed E-state index contributed by atoms with van der Waals surface area (Å²) in [7, 11) is 0. The number of ether oxygens (including phenoxy) is 1. The maximum Gasteiger partial charge on any atom is 0.103 e. The van der Waals surface area contributed by atoms with Gasteiger partial charge in [-0.3, -0.25) is 0 Å². The quantitative estimate of drug-likeness (QED) is 0.686. The fourth-order valence-electron chi connectivity index (χ4n) is 1.48. The molecule has 0 bridgehead atoms. The van der Waals surface area contributed by atoms with Gasteiger partial charge in [0.1, 0.15) is 6.10 Å². The summed E-state index contributed by atoms with van der Waals surface area (Å²) in [6.45, 7) is 6.36. The van der Waals surface area contributed by atoms with E-state index >= 15 is 0 Å². The van der Waals surface area contributed by atoms with Crippen LogP contribution in [-0.2, 0) is 4.74 Å². The lowest BCUT2D eigenvalue weighted by atomic mass is 9.90. The van der Waals surface area contributed by atoms with Gasteiger partial charge >= 0.3 is 0 Å². The van der Waals surface area contributed by atoms with Gasteiger partial charge in [-0.1, -0.05) is 20.8 Å². The zero-order chi connectivity index (χ0) is 9.14. The number of rotatable bonds is 2. The molecule has 0 aliphatic carbocycles. The summed E-state index contributed by atoms with van der Waals surface area (Å²) in [5.74, 6) is 0.841. The molecule has 0 fully saturated rings. The fourth-order valence-corrected chi connectivity index (χ4v) is 1.48. The van der Waals surface area contributed by atoms with Crippen molar-refractivity contribution in [1.29, 1.82) is 0 Å². The third-order valence-corrected chi connectivity index (χ3v) is 2.36. The van der Waals surface area contributed by atoms with Crippen molar-refractivity contribution < 1.29 is 9.84 Å². The first kappa shape index (κ1) is 9.59. The van der Waals surface area contributed by atoms with Crippen LogP contribution in [0.5, 0.6) is 0 Å². The minimum Gasteiger partial charge on any atom is -0.498 e. The Hall–Kier alpha value is -0.500. The molecular weight excluding hydrogens is 152 g/mol. The van der Waals surface area contributed by atoms with E-state index in [0.717, 1.165) is 6.42 Å². The van der Waals surface area contributed by atoms with Gasteiger partial charge in [0, 0.05) is 5.92 Å². The first-order chi connectivity index (χ1) is 5.61. The third kappa shape index (κ3) is 2.24. The smallest absolute Gasteiger partial charge is 0.103 e. The van der Waals surface area contributed by atoms with Crippen molar-refractivity contribution in [2.45, 2.75) is 39.4 Å². The average molecular weight is 170 g/mol. The molecule has 1 rings (SSSR count). The van der Waals surface area contributed by atoms with Crippen LogP contribution in [0.15, 0.2) is 12.3 Å². The van der Waals surface area contributed by atoms with E-state index in [4.69, 9.17) is 4.74 Å². The molecule has 0 unspecified atom stereocenters. The van der Waals surface area contributed by atoms with E-state index in [1.165, 1.54) is 0 Å². The fraction of sp³-hybridized carbons (Fsp3) is 0.800. The molecule has 0 aromatic carbocycles. The lowest BCUT2D eigenvalue weighted by Gasteiger charge is -2.30. The van der Waals surface area contributed by atoms with Crippen LogP contribution in [-0.4, -0.2) is 17.3 Å². The van der Waals surface area contributed by atoms with Crippen LogP contribution in [0.3, 0.4) is 0 Å². The van der Waals surface area contributed by atoms with Crippen LogP contribution in [0.1, 0.15) is 27.2 Å². The van der Waals surface area contributed by atoms with E-state index in [2.05, 4.69) is 13.8 Å². The summed E-state index contributed by atoms with van der Waals surface area (Å²) >= 11 is 0. The van der Waals surface area contributed by atoms with Gasteiger partial charge in [-0.05, 0) is 18.4 Å². The second kappa shape index (κ2) is 3.94. The van der Waals surface area contributed by atoms with Crippen LogP contribution in [0.4, 0.5) is 0 Å². The van der Waals surface area contributed by atoms with Crippen molar-refractivity contribution in [2.75, 3.05) is 0 Å². The second-order valence-corrected chi connectivity index (χ2v) is 3.98. The summed E-state index contributed by atoms with van der Waals surface area (Å²) < 4.78 is 5.43. The van der Waals surface area contributed by atoms with Crippen molar-refractivity contribution in [2.24, 2.45) is 11.8 Å². The Morgan fingerprint density at radius 3 is 2.75 bits per heavy atom. The topological polar surface area (TPSA) is 29.5 Å². The van der Waals surface area contributed by atoms with Crippen LogP contribution in [0, 0.1) is 11.8 Å². The predicted octanol–water partition coefficient (Wildman–Crippen LogP) is 1.94. The van der Waals surface area contributed by atoms with Gasteiger partial charge in [-0.25, -0.2) is 0 Å². The molecule has 0 spiro atoms. The van der Waals surface area contributed by atoms with Crippen molar-refractivity contribution in [3.05, 3.63) is 12.3 Å². The highest BCUT2D eigenvalue weighted by Gasteiger charge is 2.27. The molecule has 0 saturated heterocycles. The SMILES string of the molecule is CC(C)C[C@@H]1OC=C[C@H](O)[C@H]1C. The van der Waals surface area contributed by atoms with Crippen molar-refractivity contribution in [3.63, 3.8) is 0 Å². The highest BCUT2D eigenvalue weighted by atomic mass is 16.5. The van der Waals surface area contributed by atoms with Gasteiger partial charge in [0.05, 0.1) is 12.4 Å². The van der Waals surface area contributed by atoms with Gasteiger partial charge in [-0.2, -0.15) is 0 Å². The largest absolute Gasteiger partial charge is 0.498 e. The molecular formula is C10H18O2. The minimum atomic E-state index is -0.331. The molecule has 3 atom stereocenters. The van der Waals surface area contributed by atoms with Gasteiger partial charge in [0.2, 0.25) is 0 Å². The first-order valence-electron chi connectivity index (χ1n) is 4.61. The summed E-state index contributed by atoms with van der Waals surface area (Å²) in [5, 5.41) is 9.49. The number of aliphatic hydroxyl groups excluding tert-OH is 1. The molecule has 2 nitrogen and oxygen atoms in total. The summed E-state index contributed by atoms with van der Waals surface area (Å²) in [6.07, 6.45) is 4.20. The Kier molecular flexibility index (Phi) is 3.15. The van der Waals surface area contributed by atoms with Gasteiger partial charge in [-0.15, -0.1) is 0 Å². The second-order valence-electron chi connectivity index (χ2n) is 3.98. The lowest BCUT2D eigenvalue weighted by molar-refractivity contribution is 0.000759. The van der Waals surface area contributed by atoms with E-state index in [1.807, 2.05) is 6.92 Å². The van der Waals surface area contributed by atoms with Crippen LogP contribution < -0.4 is 0 Å². The van der Waals surface area contributed by atoms with E-state index in [1.54, 1.807) is 12.3 Å². The number of hydrogen-bond donors (Lipinski definition) is 1. The molecule has 0 aromatic rings.